The van der Waals surface area contributed by atoms with E-state index in [0.29, 0.717) is 24.0 Å². The Kier molecular flexibility index (Phi) is 4.11. The molecule has 0 aliphatic rings. The molecular weight excluding hydrogens is 178 g/mol. The molecule has 14 heavy (non-hydrogen) atoms. The highest BCUT2D eigenvalue weighted by Crippen LogP contribution is 2.08. The van der Waals surface area contributed by atoms with Crippen molar-refractivity contribution >= 4 is 6.29 Å². The summed E-state index contributed by atoms with van der Waals surface area (Å²) < 4.78 is 5.39. The van der Waals surface area contributed by atoms with Gasteiger partial charge >= 0.3 is 0 Å². The smallest absolute Gasteiger partial charge is 0.213 e. The average molecular weight is 193 g/mol. The maximum Gasteiger partial charge on any atom is 0.213 e. The van der Waals surface area contributed by atoms with Crippen LogP contribution in [0.2, 0.25) is 0 Å². The van der Waals surface area contributed by atoms with Gasteiger partial charge in [-0.3, -0.25) is 4.79 Å². The number of pyridine rings is 1. The molecule has 0 saturated heterocycles. The standard InChI is InChI=1S/C11H15NO2/c1-9(2)5-6-14-11-4-3-10(8-13)7-12-11/h3-4,7-9H,5-6H2,1-2H3. The SMILES string of the molecule is CC(C)CCOc1ccc(C=O)cn1. The van der Waals surface area contributed by atoms with Crippen molar-refractivity contribution in [1.29, 1.82) is 0 Å². The summed E-state index contributed by atoms with van der Waals surface area (Å²) in [6.45, 7) is 4.96. The van der Waals surface area contributed by atoms with Crippen LogP contribution in [0.3, 0.4) is 0 Å². The first-order valence-corrected chi connectivity index (χ1v) is 4.76. The summed E-state index contributed by atoms with van der Waals surface area (Å²) in [5.74, 6) is 1.21. The van der Waals surface area contributed by atoms with Crippen LogP contribution in [-0.2, 0) is 0 Å². The summed E-state index contributed by atoms with van der Waals surface area (Å²) in [7, 11) is 0. The molecule has 0 N–H and O–H groups in total. The van der Waals surface area contributed by atoms with Crippen molar-refractivity contribution in [1.82, 2.24) is 4.98 Å². The van der Waals surface area contributed by atoms with Gasteiger partial charge in [0.2, 0.25) is 5.88 Å². The van der Waals surface area contributed by atoms with Crippen LogP contribution in [0.4, 0.5) is 0 Å². The van der Waals surface area contributed by atoms with Gasteiger partial charge < -0.3 is 4.74 Å². The molecule has 1 aromatic heterocycles. The zero-order chi connectivity index (χ0) is 10.4. The Morgan fingerprint density at radius 3 is 2.79 bits per heavy atom. The van der Waals surface area contributed by atoms with Crippen LogP contribution >= 0.6 is 0 Å². The van der Waals surface area contributed by atoms with Crippen molar-refractivity contribution in [2.45, 2.75) is 20.3 Å². The summed E-state index contributed by atoms with van der Waals surface area (Å²) in [6.07, 6.45) is 3.29. The molecule has 0 bridgehead atoms. The van der Waals surface area contributed by atoms with Gasteiger partial charge in [-0.1, -0.05) is 13.8 Å². The van der Waals surface area contributed by atoms with E-state index in [1.807, 2.05) is 0 Å². The molecule has 0 aliphatic carbocycles. The Labute approximate surface area is 84.1 Å². The Hall–Kier alpha value is -1.38. The van der Waals surface area contributed by atoms with Crippen LogP contribution in [0.5, 0.6) is 5.88 Å². The summed E-state index contributed by atoms with van der Waals surface area (Å²) >= 11 is 0. The van der Waals surface area contributed by atoms with Gasteiger partial charge in [0.25, 0.3) is 0 Å². The molecule has 0 amide bonds. The number of rotatable bonds is 5. The maximum atomic E-state index is 10.3. The van der Waals surface area contributed by atoms with Crippen LogP contribution in [0, 0.1) is 5.92 Å². The second-order valence-corrected chi connectivity index (χ2v) is 3.58. The van der Waals surface area contributed by atoms with Crippen molar-refractivity contribution < 1.29 is 9.53 Å². The number of carbonyl (C=O) groups excluding carboxylic acids is 1. The van der Waals surface area contributed by atoms with E-state index >= 15 is 0 Å². The van der Waals surface area contributed by atoms with Gasteiger partial charge in [0, 0.05) is 17.8 Å². The zero-order valence-corrected chi connectivity index (χ0v) is 8.56. The molecule has 1 heterocycles. The highest BCUT2D eigenvalue weighted by atomic mass is 16.5. The first-order chi connectivity index (χ1) is 6.72. The Morgan fingerprint density at radius 1 is 1.50 bits per heavy atom. The maximum absolute atomic E-state index is 10.3. The first kappa shape index (κ1) is 10.7. The molecular formula is C11H15NO2. The molecule has 0 aromatic carbocycles. The van der Waals surface area contributed by atoms with Crippen LogP contribution in [-0.4, -0.2) is 17.9 Å². The van der Waals surface area contributed by atoms with E-state index in [2.05, 4.69) is 18.8 Å². The third-order valence-corrected chi connectivity index (χ3v) is 1.84. The predicted octanol–water partition coefficient (Wildman–Crippen LogP) is 2.32. The number of aromatic nitrogens is 1. The Bertz CT molecular complexity index is 280. The summed E-state index contributed by atoms with van der Waals surface area (Å²) in [4.78, 5) is 14.3. The fourth-order valence-electron chi connectivity index (χ4n) is 0.946. The number of nitrogens with zero attached hydrogens (tertiary/aromatic N) is 1. The molecule has 1 aromatic rings. The minimum absolute atomic E-state index is 0.571. The predicted molar refractivity (Wildman–Crippen MR) is 54.6 cm³/mol. The number of aldehydes is 1. The molecule has 76 valence electrons. The minimum atomic E-state index is 0.571. The van der Waals surface area contributed by atoms with E-state index < -0.39 is 0 Å². The van der Waals surface area contributed by atoms with Gasteiger partial charge in [-0.15, -0.1) is 0 Å². The van der Waals surface area contributed by atoms with Gasteiger partial charge in [-0.25, -0.2) is 4.98 Å². The third-order valence-electron chi connectivity index (χ3n) is 1.84. The fourth-order valence-corrected chi connectivity index (χ4v) is 0.946. The zero-order valence-electron chi connectivity index (χ0n) is 8.56. The molecule has 0 atom stereocenters. The highest BCUT2D eigenvalue weighted by molar-refractivity contribution is 5.73. The van der Waals surface area contributed by atoms with Gasteiger partial charge in [-0.2, -0.15) is 0 Å². The Morgan fingerprint density at radius 2 is 2.29 bits per heavy atom. The van der Waals surface area contributed by atoms with Crippen molar-refractivity contribution in [3.63, 3.8) is 0 Å². The van der Waals surface area contributed by atoms with Crippen LogP contribution in [0.25, 0.3) is 0 Å². The summed E-state index contributed by atoms with van der Waals surface area (Å²) in [5.41, 5.74) is 0.571. The van der Waals surface area contributed by atoms with E-state index in [4.69, 9.17) is 4.74 Å². The second-order valence-electron chi connectivity index (χ2n) is 3.58. The average Bonchev–Trinajstić information content (AvgIpc) is 2.18. The lowest BCUT2D eigenvalue weighted by Crippen LogP contribution is -2.02. The van der Waals surface area contributed by atoms with Gasteiger partial charge in [0.1, 0.15) is 0 Å². The topological polar surface area (TPSA) is 39.2 Å². The second kappa shape index (κ2) is 5.37. The van der Waals surface area contributed by atoms with E-state index in [9.17, 15) is 4.79 Å². The molecule has 0 fully saturated rings. The quantitative estimate of drug-likeness (QED) is 0.674. The van der Waals surface area contributed by atoms with E-state index in [1.54, 1.807) is 12.1 Å². The summed E-state index contributed by atoms with van der Waals surface area (Å²) in [6, 6.07) is 3.41. The van der Waals surface area contributed by atoms with E-state index in [0.717, 1.165) is 12.7 Å². The van der Waals surface area contributed by atoms with E-state index in [1.165, 1.54) is 6.20 Å². The number of ether oxygens (including phenoxy) is 1. The molecule has 0 radical (unpaired) electrons. The molecule has 3 nitrogen and oxygen atoms in total. The lowest BCUT2D eigenvalue weighted by atomic mass is 10.1. The fraction of sp³-hybridized carbons (Fsp3) is 0.455. The largest absolute Gasteiger partial charge is 0.478 e. The summed E-state index contributed by atoms with van der Waals surface area (Å²) in [5, 5.41) is 0. The first-order valence-electron chi connectivity index (χ1n) is 4.76. The van der Waals surface area contributed by atoms with Crippen LogP contribution in [0.1, 0.15) is 30.6 Å². The van der Waals surface area contributed by atoms with Crippen molar-refractivity contribution in [3.8, 4) is 5.88 Å². The number of carbonyl (C=O) groups is 1. The van der Waals surface area contributed by atoms with Gasteiger partial charge in [0.05, 0.1) is 6.61 Å². The lowest BCUT2D eigenvalue weighted by Gasteiger charge is -2.06. The molecule has 3 heteroatoms. The van der Waals surface area contributed by atoms with Crippen molar-refractivity contribution in [2.24, 2.45) is 5.92 Å². The molecule has 1 rings (SSSR count). The third kappa shape index (κ3) is 3.56. The van der Waals surface area contributed by atoms with Crippen LogP contribution in [0.15, 0.2) is 18.3 Å². The highest BCUT2D eigenvalue weighted by Gasteiger charge is 1.97. The molecule has 0 spiro atoms. The van der Waals surface area contributed by atoms with E-state index in [-0.39, 0.29) is 0 Å². The van der Waals surface area contributed by atoms with Crippen LogP contribution < -0.4 is 4.74 Å². The van der Waals surface area contributed by atoms with Crippen molar-refractivity contribution in [2.75, 3.05) is 6.61 Å². The molecule has 0 aliphatic heterocycles. The normalized spacial score (nSPS) is 10.2. The molecule has 0 saturated carbocycles. The van der Waals surface area contributed by atoms with Crippen molar-refractivity contribution in [3.05, 3.63) is 23.9 Å². The van der Waals surface area contributed by atoms with Gasteiger partial charge in [0.15, 0.2) is 6.29 Å². The number of hydrogen-bond acceptors (Lipinski definition) is 3. The minimum Gasteiger partial charge on any atom is -0.478 e. The van der Waals surface area contributed by atoms with Gasteiger partial charge in [-0.05, 0) is 18.4 Å². The number of hydrogen-bond donors (Lipinski definition) is 0. The lowest BCUT2D eigenvalue weighted by molar-refractivity contribution is 0.112. The molecule has 0 unspecified atom stereocenters. The Balaban J connectivity index is 2.40. The monoisotopic (exact) mass is 193 g/mol.